The normalized spacial score (nSPS) is 10.6. The van der Waals surface area contributed by atoms with E-state index >= 15 is 0 Å². The van der Waals surface area contributed by atoms with Gasteiger partial charge in [0.05, 0.1) is 12.0 Å². The van der Waals surface area contributed by atoms with E-state index in [9.17, 15) is 14.0 Å². The lowest BCUT2D eigenvalue weighted by molar-refractivity contribution is -0.118. The van der Waals surface area contributed by atoms with Crippen molar-refractivity contribution in [2.75, 3.05) is 0 Å². The summed E-state index contributed by atoms with van der Waals surface area (Å²) in [6, 6.07) is 4.25. The molecule has 0 atom stereocenters. The number of benzene rings is 1. The third kappa shape index (κ3) is 5.95. The Morgan fingerprint density at radius 2 is 1.85 bits per heavy atom. The summed E-state index contributed by atoms with van der Waals surface area (Å²) in [5, 5.41) is 0. The maximum atomic E-state index is 13.6. The zero-order valence-corrected chi connectivity index (χ0v) is 13.3. The van der Waals surface area contributed by atoms with E-state index < -0.39 is 11.6 Å². The zero-order chi connectivity index (χ0) is 15.0. The van der Waals surface area contributed by atoms with Gasteiger partial charge in [-0.15, -0.1) is 0 Å². The van der Waals surface area contributed by atoms with E-state index in [4.69, 9.17) is 0 Å². The number of ketones is 2. The SMILES string of the molecule is CCCCCCCC(=O)CC(=O)c1ccc(Br)cc1F. The maximum absolute atomic E-state index is 13.6. The average molecular weight is 343 g/mol. The van der Waals surface area contributed by atoms with Crippen molar-refractivity contribution in [1.82, 2.24) is 0 Å². The number of hydrogen-bond acceptors (Lipinski definition) is 2. The summed E-state index contributed by atoms with van der Waals surface area (Å²) < 4.78 is 14.2. The van der Waals surface area contributed by atoms with Crippen LogP contribution in [0.3, 0.4) is 0 Å². The molecular formula is C16H20BrFO2. The monoisotopic (exact) mass is 342 g/mol. The number of carbonyl (C=O) groups excluding carboxylic acids is 2. The number of halogens is 2. The second-order valence-corrected chi connectivity index (χ2v) is 5.84. The lowest BCUT2D eigenvalue weighted by Gasteiger charge is -2.03. The van der Waals surface area contributed by atoms with E-state index in [1.807, 2.05) is 0 Å². The van der Waals surface area contributed by atoms with E-state index in [0.717, 1.165) is 25.7 Å². The van der Waals surface area contributed by atoms with Crippen LogP contribution in [0, 0.1) is 5.82 Å². The molecule has 0 unspecified atom stereocenters. The van der Waals surface area contributed by atoms with Gasteiger partial charge >= 0.3 is 0 Å². The fourth-order valence-electron chi connectivity index (χ4n) is 2.00. The molecule has 0 saturated heterocycles. The first-order chi connectivity index (χ1) is 9.54. The molecule has 0 aliphatic rings. The zero-order valence-electron chi connectivity index (χ0n) is 11.8. The van der Waals surface area contributed by atoms with Crippen LogP contribution >= 0.6 is 15.9 Å². The van der Waals surface area contributed by atoms with Crippen molar-refractivity contribution in [3.8, 4) is 0 Å². The van der Waals surface area contributed by atoms with Crippen molar-refractivity contribution >= 4 is 27.5 Å². The maximum Gasteiger partial charge on any atom is 0.173 e. The second kappa shape index (κ2) is 9.01. The first-order valence-electron chi connectivity index (χ1n) is 7.04. The summed E-state index contributed by atoms with van der Waals surface area (Å²) in [6.07, 6.45) is 5.50. The Labute approximate surface area is 127 Å². The van der Waals surface area contributed by atoms with E-state index in [2.05, 4.69) is 22.9 Å². The Bertz CT molecular complexity index is 472. The first-order valence-corrected chi connectivity index (χ1v) is 7.84. The van der Waals surface area contributed by atoms with Crippen LogP contribution in [0.25, 0.3) is 0 Å². The van der Waals surface area contributed by atoms with Crippen LogP contribution in [0.15, 0.2) is 22.7 Å². The standard InChI is InChI=1S/C16H20BrFO2/c1-2-3-4-5-6-7-13(19)11-16(20)14-9-8-12(17)10-15(14)18/h8-10H,2-7,11H2,1H3. The van der Waals surface area contributed by atoms with Gasteiger partial charge < -0.3 is 0 Å². The van der Waals surface area contributed by atoms with Crippen LogP contribution in [0.2, 0.25) is 0 Å². The summed E-state index contributed by atoms with van der Waals surface area (Å²) in [6.45, 7) is 2.14. The molecule has 110 valence electrons. The van der Waals surface area contributed by atoms with Crippen molar-refractivity contribution in [2.24, 2.45) is 0 Å². The lowest BCUT2D eigenvalue weighted by atomic mass is 10.0. The number of carbonyl (C=O) groups is 2. The van der Waals surface area contributed by atoms with Gasteiger partial charge in [0.2, 0.25) is 0 Å². The van der Waals surface area contributed by atoms with Crippen LogP contribution in [0.4, 0.5) is 4.39 Å². The fourth-order valence-corrected chi connectivity index (χ4v) is 2.34. The number of Topliss-reactive ketones (excluding diaryl/α,β-unsaturated/α-hetero) is 2. The van der Waals surface area contributed by atoms with Crippen molar-refractivity contribution < 1.29 is 14.0 Å². The van der Waals surface area contributed by atoms with Gasteiger partial charge in [-0.05, 0) is 24.6 Å². The molecule has 1 aromatic rings. The Balaban J connectivity index is 2.39. The van der Waals surface area contributed by atoms with Crippen LogP contribution < -0.4 is 0 Å². The average Bonchev–Trinajstić information content (AvgIpc) is 2.38. The highest BCUT2D eigenvalue weighted by atomic mass is 79.9. The van der Waals surface area contributed by atoms with Crippen LogP contribution in [0.5, 0.6) is 0 Å². The van der Waals surface area contributed by atoms with E-state index in [0.29, 0.717) is 10.9 Å². The molecule has 0 aliphatic carbocycles. The van der Waals surface area contributed by atoms with Gasteiger partial charge in [0.25, 0.3) is 0 Å². The summed E-state index contributed by atoms with van der Waals surface area (Å²) in [5.74, 6) is -1.12. The molecule has 1 aromatic carbocycles. The highest BCUT2D eigenvalue weighted by Gasteiger charge is 2.15. The predicted molar refractivity (Wildman–Crippen MR) is 81.4 cm³/mol. The summed E-state index contributed by atoms with van der Waals surface area (Å²) >= 11 is 3.13. The molecule has 0 radical (unpaired) electrons. The second-order valence-electron chi connectivity index (χ2n) is 4.93. The molecule has 2 nitrogen and oxygen atoms in total. The molecule has 1 rings (SSSR count). The van der Waals surface area contributed by atoms with Crippen molar-refractivity contribution in [2.45, 2.75) is 51.9 Å². The molecule has 0 aliphatic heterocycles. The Morgan fingerprint density at radius 3 is 2.50 bits per heavy atom. The minimum absolute atomic E-state index is 0.00691. The summed E-state index contributed by atoms with van der Waals surface area (Å²) in [7, 11) is 0. The van der Waals surface area contributed by atoms with E-state index in [1.165, 1.54) is 18.6 Å². The van der Waals surface area contributed by atoms with E-state index in [1.54, 1.807) is 6.07 Å². The van der Waals surface area contributed by atoms with Gasteiger partial charge in [0, 0.05) is 10.9 Å². The van der Waals surface area contributed by atoms with E-state index in [-0.39, 0.29) is 17.8 Å². The van der Waals surface area contributed by atoms with Crippen LogP contribution in [-0.2, 0) is 4.79 Å². The van der Waals surface area contributed by atoms with Gasteiger partial charge in [0.15, 0.2) is 5.78 Å². The number of unbranched alkanes of at least 4 members (excludes halogenated alkanes) is 4. The van der Waals surface area contributed by atoms with Crippen LogP contribution in [0.1, 0.15) is 62.2 Å². The van der Waals surface area contributed by atoms with Crippen molar-refractivity contribution in [1.29, 1.82) is 0 Å². The highest BCUT2D eigenvalue weighted by Crippen LogP contribution is 2.17. The minimum atomic E-state index is -0.583. The molecule has 0 N–H and O–H groups in total. The fraction of sp³-hybridized carbons (Fsp3) is 0.500. The smallest absolute Gasteiger partial charge is 0.173 e. The van der Waals surface area contributed by atoms with Crippen molar-refractivity contribution in [3.63, 3.8) is 0 Å². The molecule has 4 heteroatoms. The third-order valence-electron chi connectivity index (χ3n) is 3.15. The third-order valence-corrected chi connectivity index (χ3v) is 3.64. The van der Waals surface area contributed by atoms with Gasteiger partial charge in [-0.25, -0.2) is 4.39 Å². The molecule has 0 aromatic heterocycles. The predicted octanol–water partition coefficient (Wildman–Crippen LogP) is 5.09. The molecule has 20 heavy (non-hydrogen) atoms. The summed E-state index contributed by atoms with van der Waals surface area (Å²) in [5.41, 5.74) is -0.00691. The van der Waals surface area contributed by atoms with Gasteiger partial charge in [-0.3, -0.25) is 9.59 Å². The Kier molecular flexibility index (Phi) is 7.67. The lowest BCUT2D eigenvalue weighted by Crippen LogP contribution is -2.09. The Morgan fingerprint density at radius 1 is 1.15 bits per heavy atom. The minimum Gasteiger partial charge on any atom is -0.299 e. The van der Waals surface area contributed by atoms with Crippen molar-refractivity contribution in [3.05, 3.63) is 34.1 Å². The molecular weight excluding hydrogens is 323 g/mol. The molecule has 0 bridgehead atoms. The molecule has 0 fully saturated rings. The quantitative estimate of drug-likeness (QED) is 0.355. The largest absolute Gasteiger partial charge is 0.299 e. The Hall–Kier alpha value is -1.03. The molecule has 0 heterocycles. The molecule has 0 amide bonds. The molecule has 0 spiro atoms. The number of hydrogen-bond donors (Lipinski definition) is 0. The molecule has 0 saturated carbocycles. The first kappa shape index (κ1) is 17.0. The highest BCUT2D eigenvalue weighted by molar-refractivity contribution is 9.10. The number of rotatable bonds is 9. The van der Waals surface area contributed by atoms with Gasteiger partial charge in [0.1, 0.15) is 11.6 Å². The van der Waals surface area contributed by atoms with Gasteiger partial charge in [-0.1, -0.05) is 48.5 Å². The van der Waals surface area contributed by atoms with Crippen LogP contribution in [-0.4, -0.2) is 11.6 Å². The van der Waals surface area contributed by atoms with Gasteiger partial charge in [-0.2, -0.15) is 0 Å². The topological polar surface area (TPSA) is 34.1 Å². The summed E-state index contributed by atoms with van der Waals surface area (Å²) in [4.78, 5) is 23.5.